The Balaban J connectivity index is 2.83. The average Bonchev–Trinajstić information content (AvgIpc) is 2.54. The Hall–Kier alpha value is -2.25. The number of benzene rings is 1. The summed E-state index contributed by atoms with van der Waals surface area (Å²) < 4.78 is 4.74. The molecule has 6 nitrogen and oxygen atoms in total. The number of carboxylic acids is 1. The lowest BCUT2D eigenvalue weighted by molar-refractivity contribution is -0.156. The van der Waals surface area contributed by atoms with Gasteiger partial charge in [-0.1, -0.05) is 24.8 Å². The van der Waals surface area contributed by atoms with Crippen molar-refractivity contribution in [3.63, 3.8) is 0 Å². The summed E-state index contributed by atoms with van der Waals surface area (Å²) in [4.78, 5) is 26.0. The van der Waals surface area contributed by atoms with Gasteiger partial charge in [0.15, 0.2) is 0 Å². The quantitative estimate of drug-likeness (QED) is 0.250. The molecule has 0 aromatic heterocycles. The van der Waals surface area contributed by atoms with E-state index >= 15 is 0 Å². The van der Waals surface area contributed by atoms with E-state index in [9.17, 15) is 14.7 Å². The summed E-state index contributed by atoms with van der Waals surface area (Å²) in [5.41, 5.74) is 0.356. The molecule has 0 radical (unpaired) electrons. The summed E-state index contributed by atoms with van der Waals surface area (Å²) in [6, 6.07) is 7.56. The Labute approximate surface area is 177 Å². The molecule has 0 aliphatic rings. The lowest BCUT2D eigenvalue weighted by Crippen LogP contribution is -2.36. The SMILES string of the molecule is C=C/C=C(\O)CN(CC(=O)O)Cc1ccc(SC(C)(C)C(=O)OC(C)(C)C)cc1. The highest BCUT2D eigenvalue weighted by Gasteiger charge is 2.33. The van der Waals surface area contributed by atoms with Crippen molar-refractivity contribution in [2.75, 3.05) is 13.1 Å². The number of esters is 1. The van der Waals surface area contributed by atoms with Crippen LogP contribution in [-0.2, 0) is 20.9 Å². The first kappa shape index (κ1) is 24.8. The van der Waals surface area contributed by atoms with Gasteiger partial charge >= 0.3 is 11.9 Å². The maximum Gasteiger partial charge on any atom is 0.322 e. The van der Waals surface area contributed by atoms with Crippen LogP contribution in [0.15, 0.2) is 53.7 Å². The Morgan fingerprint density at radius 1 is 1.10 bits per heavy atom. The van der Waals surface area contributed by atoms with E-state index in [0.29, 0.717) is 6.54 Å². The fourth-order valence-corrected chi connectivity index (χ4v) is 3.42. The van der Waals surface area contributed by atoms with Gasteiger partial charge in [-0.2, -0.15) is 0 Å². The van der Waals surface area contributed by atoms with Crippen LogP contribution < -0.4 is 0 Å². The van der Waals surface area contributed by atoms with Crippen LogP contribution in [-0.4, -0.2) is 50.5 Å². The van der Waals surface area contributed by atoms with Crippen molar-refractivity contribution in [3.05, 3.63) is 54.3 Å². The summed E-state index contributed by atoms with van der Waals surface area (Å²) in [5.74, 6) is -1.20. The Kier molecular flexibility index (Phi) is 8.98. The highest BCUT2D eigenvalue weighted by molar-refractivity contribution is 8.01. The number of ether oxygens (including phenoxy) is 1. The molecular formula is C22H31NO5S. The van der Waals surface area contributed by atoms with Crippen LogP contribution >= 0.6 is 11.8 Å². The summed E-state index contributed by atoms with van der Waals surface area (Å²) in [5, 5.41) is 18.9. The smallest absolute Gasteiger partial charge is 0.322 e. The molecule has 0 aliphatic carbocycles. The first-order chi connectivity index (χ1) is 13.3. The Morgan fingerprint density at radius 3 is 2.17 bits per heavy atom. The zero-order chi connectivity index (χ0) is 22.2. The second-order valence-electron chi connectivity index (χ2n) is 8.19. The first-order valence-corrected chi connectivity index (χ1v) is 10.1. The van der Waals surface area contributed by atoms with Crippen LogP contribution in [0.25, 0.3) is 0 Å². The normalized spacial score (nSPS) is 12.7. The predicted octanol–water partition coefficient (Wildman–Crippen LogP) is 4.41. The van der Waals surface area contributed by atoms with Crippen LogP contribution in [0.1, 0.15) is 40.2 Å². The fourth-order valence-electron chi connectivity index (χ4n) is 2.44. The van der Waals surface area contributed by atoms with Crippen molar-refractivity contribution >= 4 is 23.7 Å². The second-order valence-corrected chi connectivity index (χ2v) is 9.89. The molecule has 1 aromatic rings. The van der Waals surface area contributed by atoms with E-state index in [1.807, 2.05) is 58.9 Å². The van der Waals surface area contributed by atoms with E-state index in [-0.39, 0.29) is 24.8 Å². The van der Waals surface area contributed by atoms with E-state index in [2.05, 4.69) is 6.58 Å². The standard InChI is InChI=1S/C22H31NO5S/c1-7-8-17(24)14-23(15-19(25)26)13-16-9-11-18(12-10-16)29-22(5,6)20(27)28-21(2,3)4/h7-12,24H,1,13-15H2,2-6H3,(H,25,26)/b17-8-. The molecule has 0 saturated carbocycles. The molecule has 0 atom stereocenters. The highest BCUT2D eigenvalue weighted by Crippen LogP contribution is 2.34. The molecule has 0 bridgehead atoms. The number of rotatable bonds is 10. The third-order valence-electron chi connectivity index (χ3n) is 3.65. The van der Waals surface area contributed by atoms with Crippen LogP contribution in [0.4, 0.5) is 0 Å². The number of aliphatic hydroxyl groups excluding tert-OH is 1. The molecule has 0 amide bonds. The number of nitrogens with zero attached hydrogens (tertiary/aromatic N) is 1. The van der Waals surface area contributed by atoms with Gasteiger partial charge < -0.3 is 14.9 Å². The van der Waals surface area contributed by atoms with E-state index in [1.54, 1.807) is 4.90 Å². The van der Waals surface area contributed by atoms with Crippen LogP contribution in [0, 0.1) is 0 Å². The Bertz CT molecular complexity index is 747. The lowest BCUT2D eigenvalue weighted by Gasteiger charge is -2.28. The van der Waals surface area contributed by atoms with Crippen molar-refractivity contribution in [2.45, 2.75) is 56.4 Å². The topological polar surface area (TPSA) is 87.1 Å². The van der Waals surface area contributed by atoms with E-state index in [1.165, 1.54) is 23.9 Å². The average molecular weight is 422 g/mol. The van der Waals surface area contributed by atoms with Crippen molar-refractivity contribution in [1.82, 2.24) is 4.90 Å². The third-order valence-corrected chi connectivity index (χ3v) is 4.83. The molecule has 0 spiro atoms. The minimum Gasteiger partial charge on any atom is -0.511 e. The van der Waals surface area contributed by atoms with Gasteiger partial charge in [0.25, 0.3) is 0 Å². The Morgan fingerprint density at radius 2 is 1.69 bits per heavy atom. The maximum absolute atomic E-state index is 12.4. The summed E-state index contributed by atoms with van der Waals surface area (Å²) >= 11 is 1.41. The molecule has 0 unspecified atom stereocenters. The summed E-state index contributed by atoms with van der Waals surface area (Å²) in [6.07, 6.45) is 2.89. The van der Waals surface area contributed by atoms with Gasteiger partial charge in [-0.05, 0) is 58.4 Å². The number of aliphatic carboxylic acids is 1. The molecule has 7 heteroatoms. The number of thioether (sulfide) groups is 1. The van der Waals surface area contributed by atoms with Crippen LogP contribution in [0.5, 0.6) is 0 Å². The van der Waals surface area contributed by atoms with Gasteiger partial charge in [0.2, 0.25) is 0 Å². The van der Waals surface area contributed by atoms with Gasteiger partial charge in [-0.3, -0.25) is 14.5 Å². The number of carbonyl (C=O) groups excluding carboxylic acids is 1. The summed E-state index contributed by atoms with van der Waals surface area (Å²) in [7, 11) is 0. The lowest BCUT2D eigenvalue weighted by atomic mass is 10.1. The molecule has 0 heterocycles. The fraction of sp³-hybridized carbons (Fsp3) is 0.455. The van der Waals surface area contributed by atoms with Gasteiger partial charge in [0, 0.05) is 11.4 Å². The van der Waals surface area contributed by atoms with Crippen molar-refractivity contribution < 1.29 is 24.5 Å². The van der Waals surface area contributed by atoms with Crippen molar-refractivity contribution in [3.8, 4) is 0 Å². The highest BCUT2D eigenvalue weighted by atomic mass is 32.2. The maximum atomic E-state index is 12.4. The number of hydrogen-bond acceptors (Lipinski definition) is 6. The van der Waals surface area contributed by atoms with Gasteiger partial charge in [0.1, 0.15) is 16.1 Å². The number of hydrogen-bond donors (Lipinski definition) is 2. The predicted molar refractivity (Wildman–Crippen MR) is 116 cm³/mol. The molecule has 0 fully saturated rings. The zero-order valence-corrected chi connectivity index (χ0v) is 18.6. The van der Waals surface area contributed by atoms with Gasteiger partial charge in [-0.25, -0.2) is 0 Å². The van der Waals surface area contributed by atoms with Crippen LogP contribution in [0.3, 0.4) is 0 Å². The van der Waals surface area contributed by atoms with Crippen molar-refractivity contribution in [1.29, 1.82) is 0 Å². The van der Waals surface area contributed by atoms with Crippen molar-refractivity contribution in [2.24, 2.45) is 0 Å². The van der Waals surface area contributed by atoms with E-state index in [0.717, 1.165) is 10.5 Å². The zero-order valence-electron chi connectivity index (χ0n) is 17.8. The van der Waals surface area contributed by atoms with Gasteiger partial charge in [0.05, 0.1) is 13.1 Å². The minimum absolute atomic E-state index is 0.0486. The third kappa shape index (κ3) is 9.67. The molecule has 0 aliphatic heterocycles. The molecular weight excluding hydrogens is 390 g/mol. The monoisotopic (exact) mass is 421 g/mol. The number of carboxylic acid groups (broad SMARTS) is 1. The molecule has 160 valence electrons. The first-order valence-electron chi connectivity index (χ1n) is 9.28. The molecule has 29 heavy (non-hydrogen) atoms. The number of carbonyl (C=O) groups is 2. The van der Waals surface area contributed by atoms with E-state index in [4.69, 9.17) is 9.84 Å². The number of aliphatic hydroxyl groups is 1. The molecule has 1 rings (SSSR count). The minimum atomic E-state index is -0.970. The summed E-state index contributed by atoms with van der Waals surface area (Å²) in [6.45, 7) is 13.0. The number of allylic oxidation sites excluding steroid dienone is 2. The molecule has 0 saturated heterocycles. The largest absolute Gasteiger partial charge is 0.511 e. The second kappa shape index (κ2) is 10.5. The van der Waals surface area contributed by atoms with Crippen LogP contribution in [0.2, 0.25) is 0 Å². The van der Waals surface area contributed by atoms with E-state index < -0.39 is 16.3 Å². The van der Waals surface area contributed by atoms with Gasteiger partial charge in [-0.15, -0.1) is 11.8 Å². The molecule has 2 N–H and O–H groups in total. The molecule has 1 aromatic carbocycles.